The third-order valence-electron chi connectivity index (χ3n) is 1.93. The smallest absolute Gasteiger partial charge is 0.256 e. The average Bonchev–Trinajstić information content (AvgIpc) is 2.59. The monoisotopic (exact) mass is 214 g/mol. The molecule has 0 spiro atoms. The van der Waals surface area contributed by atoms with Gasteiger partial charge in [-0.05, 0) is 30.4 Å². The molecule has 2 heterocycles. The predicted molar refractivity (Wildman–Crippen MR) is 60.3 cm³/mol. The summed E-state index contributed by atoms with van der Waals surface area (Å²) in [5, 5.41) is 2.68. The number of rotatable bonds is 2. The van der Waals surface area contributed by atoms with Crippen molar-refractivity contribution in [2.75, 3.05) is 5.32 Å². The van der Waals surface area contributed by atoms with Crippen LogP contribution in [0.3, 0.4) is 0 Å². The summed E-state index contributed by atoms with van der Waals surface area (Å²) in [5.41, 5.74) is 0.513. The summed E-state index contributed by atoms with van der Waals surface area (Å²) >= 11 is 0. The van der Waals surface area contributed by atoms with E-state index in [1.165, 1.54) is 12.5 Å². The number of anilines is 1. The number of amides is 1. The van der Waals surface area contributed by atoms with Crippen molar-refractivity contribution < 1.29 is 9.53 Å². The molecular weight excluding hydrogens is 204 g/mol. The predicted octanol–water partition coefficient (Wildman–Crippen LogP) is 2.00. The molecule has 1 aliphatic heterocycles. The molecule has 0 aliphatic carbocycles. The van der Waals surface area contributed by atoms with Crippen LogP contribution in [0.5, 0.6) is 0 Å². The van der Waals surface area contributed by atoms with Crippen LogP contribution in [0.2, 0.25) is 0 Å². The Kier molecular flexibility index (Phi) is 3.13. The maximum absolute atomic E-state index is 11.8. The molecule has 0 aromatic carbocycles. The maximum Gasteiger partial charge on any atom is 0.256 e. The zero-order chi connectivity index (χ0) is 11.2. The molecule has 1 aromatic rings. The van der Waals surface area contributed by atoms with Crippen LogP contribution in [0.25, 0.3) is 0 Å². The van der Waals surface area contributed by atoms with E-state index >= 15 is 0 Å². The molecule has 1 aliphatic rings. The van der Waals surface area contributed by atoms with Crippen LogP contribution in [0.4, 0.5) is 5.82 Å². The molecule has 0 radical (unpaired) electrons. The molecule has 4 heteroatoms. The second kappa shape index (κ2) is 4.93. The normalized spacial score (nSPS) is 13.6. The topological polar surface area (TPSA) is 51.2 Å². The van der Waals surface area contributed by atoms with Crippen molar-refractivity contribution in [1.82, 2.24) is 4.98 Å². The van der Waals surface area contributed by atoms with Gasteiger partial charge < -0.3 is 10.1 Å². The maximum atomic E-state index is 11.8. The highest BCUT2D eigenvalue weighted by Gasteiger charge is 2.07. The van der Waals surface area contributed by atoms with Gasteiger partial charge in [-0.2, -0.15) is 0 Å². The number of ether oxygens (including phenoxy) is 1. The lowest BCUT2D eigenvalue weighted by atomic mass is 10.2. The number of hydrogen-bond donors (Lipinski definition) is 1. The fourth-order valence-electron chi connectivity index (χ4n) is 1.18. The number of pyridine rings is 1. The van der Waals surface area contributed by atoms with Crippen molar-refractivity contribution in [3.05, 3.63) is 60.7 Å². The van der Waals surface area contributed by atoms with Gasteiger partial charge in [0.1, 0.15) is 5.82 Å². The molecule has 1 N–H and O–H groups in total. The molecule has 0 fully saturated rings. The van der Waals surface area contributed by atoms with E-state index in [4.69, 9.17) is 4.74 Å². The highest BCUT2D eigenvalue weighted by atomic mass is 16.5. The fourth-order valence-corrected chi connectivity index (χ4v) is 1.18. The van der Waals surface area contributed by atoms with Gasteiger partial charge in [-0.15, -0.1) is 0 Å². The number of nitrogens with one attached hydrogen (secondary N) is 1. The zero-order valence-electron chi connectivity index (χ0n) is 8.46. The average molecular weight is 214 g/mol. The first-order valence-electron chi connectivity index (χ1n) is 4.77. The van der Waals surface area contributed by atoms with Gasteiger partial charge in [0.05, 0.1) is 12.5 Å². The minimum absolute atomic E-state index is 0.217. The SMILES string of the molecule is O=C(Nc1ccccn1)C1=CC=COC=C1. The van der Waals surface area contributed by atoms with Crippen LogP contribution in [-0.4, -0.2) is 10.9 Å². The third-order valence-corrected chi connectivity index (χ3v) is 1.93. The standard InChI is InChI=1S/C12H10N2O2/c15-12(10-4-3-8-16-9-6-10)14-11-5-1-2-7-13-11/h1-9H,(H,13,14,15). The Balaban J connectivity index is 2.09. The molecule has 2 rings (SSSR count). The first-order valence-corrected chi connectivity index (χ1v) is 4.77. The molecule has 0 bridgehead atoms. The first-order chi connectivity index (χ1) is 7.86. The van der Waals surface area contributed by atoms with E-state index in [2.05, 4.69) is 10.3 Å². The van der Waals surface area contributed by atoms with Gasteiger partial charge in [-0.1, -0.05) is 6.07 Å². The minimum atomic E-state index is -0.217. The highest BCUT2D eigenvalue weighted by molar-refractivity contribution is 6.05. The molecule has 4 nitrogen and oxygen atoms in total. The van der Waals surface area contributed by atoms with Crippen molar-refractivity contribution in [1.29, 1.82) is 0 Å². The number of nitrogens with zero attached hydrogens (tertiary/aromatic N) is 1. The summed E-state index contributed by atoms with van der Waals surface area (Å²) in [7, 11) is 0. The van der Waals surface area contributed by atoms with Gasteiger partial charge in [0, 0.05) is 11.8 Å². The van der Waals surface area contributed by atoms with E-state index in [9.17, 15) is 4.79 Å². The Bertz CT molecular complexity index is 461. The Labute approximate surface area is 93.0 Å². The fraction of sp³-hybridized carbons (Fsp3) is 0. The minimum Gasteiger partial charge on any atom is -0.473 e. The van der Waals surface area contributed by atoms with Crippen LogP contribution in [-0.2, 0) is 9.53 Å². The summed E-state index contributed by atoms with van der Waals surface area (Å²) in [5.74, 6) is 0.307. The number of carbonyl (C=O) groups excluding carboxylic acids is 1. The Morgan fingerprint density at radius 2 is 2.25 bits per heavy atom. The lowest BCUT2D eigenvalue weighted by molar-refractivity contribution is -0.112. The number of hydrogen-bond acceptors (Lipinski definition) is 3. The van der Waals surface area contributed by atoms with E-state index in [-0.39, 0.29) is 5.91 Å². The van der Waals surface area contributed by atoms with Crippen molar-refractivity contribution in [2.45, 2.75) is 0 Å². The Hall–Kier alpha value is -2.36. The van der Waals surface area contributed by atoms with Gasteiger partial charge in [0.2, 0.25) is 0 Å². The van der Waals surface area contributed by atoms with Gasteiger partial charge in [0.25, 0.3) is 5.91 Å². The number of aromatic nitrogens is 1. The van der Waals surface area contributed by atoms with E-state index < -0.39 is 0 Å². The first kappa shape index (κ1) is 10.2. The van der Waals surface area contributed by atoms with E-state index in [1.807, 2.05) is 6.07 Å². The Morgan fingerprint density at radius 1 is 1.31 bits per heavy atom. The van der Waals surface area contributed by atoms with Crippen LogP contribution >= 0.6 is 0 Å². The van der Waals surface area contributed by atoms with Crippen LogP contribution < -0.4 is 5.32 Å². The molecule has 0 saturated carbocycles. The van der Waals surface area contributed by atoms with Crippen molar-refractivity contribution >= 4 is 11.7 Å². The van der Waals surface area contributed by atoms with Crippen LogP contribution in [0.1, 0.15) is 0 Å². The molecule has 0 saturated heterocycles. The molecule has 1 aromatic heterocycles. The molecule has 80 valence electrons. The van der Waals surface area contributed by atoms with Crippen molar-refractivity contribution in [3.8, 4) is 0 Å². The highest BCUT2D eigenvalue weighted by Crippen LogP contribution is 2.07. The lowest BCUT2D eigenvalue weighted by Crippen LogP contribution is -2.13. The third kappa shape index (κ3) is 2.57. The summed E-state index contributed by atoms with van der Waals surface area (Å²) in [4.78, 5) is 15.8. The number of allylic oxidation sites excluding steroid dienone is 2. The van der Waals surface area contributed by atoms with E-state index in [0.717, 1.165) is 0 Å². The summed E-state index contributed by atoms with van der Waals surface area (Å²) in [6.45, 7) is 0. The van der Waals surface area contributed by atoms with Gasteiger partial charge in [0.15, 0.2) is 0 Å². The van der Waals surface area contributed by atoms with Gasteiger partial charge in [-0.25, -0.2) is 4.98 Å². The lowest BCUT2D eigenvalue weighted by Gasteiger charge is -2.03. The van der Waals surface area contributed by atoms with E-state index in [1.54, 1.807) is 36.6 Å². The quantitative estimate of drug-likeness (QED) is 0.819. The summed E-state index contributed by atoms with van der Waals surface area (Å²) in [6, 6.07) is 5.32. The van der Waals surface area contributed by atoms with Gasteiger partial charge in [-0.3, -0.25) is 4.79 Å². The second-order valence-electron chi connectivity index (χ2n) is 3.06. The molecule has 1 amide bonds. The molecule has 0 atom stereocenters. The van der Waals surface area contributed by atoms with E-state index in [0.29, 0.717) is 11.4 Å². The largest absolute Gasteiger partial charge is 0.473 e. The number of carbonyl (C=O) groups is 1. The molecule has 16 heavy (non-hydrogen) atoms. The molecule has 0 unspecified atom stereocenters. The van der Waals surface area contributed by atoms with Crippen LogP contribution in [0.15, 0.2) is 60.7 Å². The molecular formula is C12H10N2O2. The Morgan fingerprint density at radius 3 is 3.06 bits per heavy atom. The summed E-state index contributed by atoms with van der Waals surface area (Å²) < 4.78 is 4.92. The van der Waals surface area contributed by atoms with Crippen LogP contribution in [0, 0.1) is 0 Å². The van der Waals surface area contributed by atoms with Crippen molar-refractivity contribution in [2.24, 2.45) is 0 Å². The zero-order valence-corrected chi connectivity index (χ0v) is 8.46. The second-order valence-corrected chi connectivity index (χ2v) is 3.06. The van der Waals surface area contributed by atoms with Gasteiger partial charge >= 0.3 is 0 Å². The summed E-state index contributed by atoms with van der Waals surface area (Å²) in [6.07, 6.45) is 9.49. The van der Waals surface area contributed by atoms with Crippen molar-refractivity contribution in [3.63, 3.8) is 0 Å².